The lowest BCUT2D eigenvalue weighted by Gasteiger charge is -2.31. The van der Waals surface area contributed by atoms with E-state index in [1.165, 1.54) is 0 Å². The molecule has 0 aliphatic carbocycles. The molecule has 1 saturated heterocycles. The van der Waals surface area contributed by atoms with Crippen molar-refractivity contribution in [1.82, 2.24) is 10.2 Å². The van der Waals surface area contributed by atoms with Crippen molar-refractivity contribution < 1.29 is 14.7 Å². The summed E-state index contributed by atoms with van der Waals surface area (Å²) in [7, 11) is 0. The van der Waals surface area contributed by atoms with Crippen LogP contribution in [-0.4, -0.2) is 53.6 Å². The van der Waals surface area contributed by atoms with Crippen molar-refractivity contribution in [3.05, 3.63) is 0 Å². The second-order valence-electron chi connectivity index (χ2n) is 4.42. The molecule has 1 heterocycles. The van der Waals surface area contributed by atoms with Gasteiger partial charge in [-0.25, -0.2) is 0 Å². The van der Waals surface area contributed by atoms with E-state index in [-0.39, 0.29) is 18.4 Å². The zero-order valence-electron chi connectivity index (χ0n) is 10.2. The summed E-state index contributed by atoms with van der Waals surface area (Å²) in [5.41, 5.74) is 5.49. The molecule has 1 atom stereocenters. The number of hydrogen-bond donors (Lipinski definition) is 3. The zero-order valence-corrected chi connectivity index (χ0v) is 10.2. The number of rotatable bonds is 5. The Morgan fingerprint density at radius 3 is 2.53 bits per heavy atom. The van der Waals surface area contributed by atoms with Crippen molar-refractivity contribution in [3.63, 3.8) is 0 Å². The van der Waals surface area contributed by atoms with E-state index in [1.54, 1.807) is 0 Å². The predicted octanol–water partition coefficient (Wildman–Crippen LogP) is -0.611. The number of amides is 1. The van der Waals surface area contributed by atoms with E-state index in [9.17, 15) is 9.59 Å². The Morgan fingerprint density at radius 2 is 2.06 bits per heavy atom. The highest BCUT2D eigenvalue weighted by atomic mass is 16.4. The predicted molar refractivity (Wildman–Crippen MR) is 63.5 cm³/mol. The molecule has 1 aliphatic rings. The topological polar surface area (TPSA) is 95.7 Å². The van der Waals surface area contributed by atoms with Gasteiger partial charge in [-0.05, 0) is 19.4 Å². The third kappa shape index (κ3) is 4.70. The van der Waals surface area contributed by atoms with Gasteiger partial charge in [0.25, 0.3) is 0 Å². The summed E-state index contributed by atoms with van der Waals surface area (Å²) >= 11 is 0. The van der Waals surface area contributed by atoms with Crippen molar-refractivity contribution in [2.75, 3.05) is 19.6 Å². The zero-order chi connectivity index (χ0) is 12.8. The van der Waals surface area contributed by atoms with Gasteiger partial charge in [-0.2, -0.15) is 0 Å². The third-order valence-corrected chi connectivity index (χ3v) is 3.11. The monoisotopic (exact) mass is 243 g/mol. The molecule has 0 spiro atoms. The number of hydrogen-bond acceptors (Lipinski definition) is 4. The fraction of sp³-hybridized carbons (Fsp3) is 0.818. The Morgan fingerprint density at radius 1 is 1.47 bits per heavy atom. The number of carbonyl (C=O) groups excluding carboxylic acids is 1. The van der Waals surface area contributed by atoms with Crippen LogP contribution in [0.3, 0.4) is 0 Å². The van der Waals surface area contributed by atoms with Gasteiger partial charge in [0.05, 0.1) is 12.5 Å². The quantitative estimate of drug-likeness (QED) is 0.598. The van der Waals surface area contributed by atoms with Crippen LogP contribution in [0.4, 0.5) is 0 Å². The fourth-order valence-corrected chi connectivity index (χ4v) is 1.98. The number of nitrogens with two attached hydrogens (primary N) is 1. The minimum absolute atomic E-state index is 0.130. The Kier molecular flexibility index (Phi) is 5.37. The molecule has 4 N–H and O–H groups in total. The number of carboxylic acids is 1. The lowest BCUT2D eigenvalue weighted by molar-refractivity contribution is -0.139. The lowest BCUT2D eigenvalue weighted by Crippen LogP contribution is -2.50. The summed E-state index contributed by atoms with van der Waals surface area (Å²) in [6.07, 6.45) is 1.48. The number of nitrogens with one attached hydrogen (secondary N) is 1. The van der Waals surface area contributed by atoms with Crippen LogP contribution in [0.15, 0.2) is 0 Å². The van der Waals surface area contributed by atoms with Gasteiger partial charge in [0.1, 0.15) is 0 Å². The molecule has 0 aromatic rings. The number of likely N-dealkylation sites (tertiary alicyclic amines) is 1. The molecule has 0 bridgehead atoms. The number of nitrogens with zero attached hydrogens (tertiary/aromatic N) is 1. The van der Waals surface area contributed by atoms with E-state index >= 15 is 0 Å². The van der Waals surface area contributed by atoms with Crippen LogP contribution in [0.5, 0.6) is 0 Å². The average Bonchev–Trinajstić information content (AvgIpc) is 2.29. The lowest BCUT2D eigenvalue weighted by atomic mass is 10.0. The Bertz CT molecular complexity index is 275. The minimum atomic E-state index is -1.05. The number of aliphatic carboxylic acids is 1. The van der Waals surface area contributed by atoms with Gasteiger partial charge < -0.3 is 21.1 Å². The van der Waals surface area contributed by atoms with E-state index in [1.807, 2.05) is 0 Å². The third-order valence-electron chi connectivity index (χ3n) is 3.11. The van der Waals surface area contributed by atoms with Gasteiger partial charge in [0.15, 0.2) is 0 Å². The molecule has 98 valence electrons. The van der Waals surface area contributed by atoms with Crippen LogP contribution in [-0.2, 0) is 9.59 Å². The van der Waals surface area contributed by atoms with Crippen LogP contribution in [0.25, 0.3) is 0 Å². The van der Waals surface area contributed by atoms with E-state index in [0.29, 0.717) is 0 Å². The van der Waals surface area contributed by atoms with Gasteiger partial charge in [0, 0.05) is 19.1 Å². The summed E-state index contributed by atoms with van der Waals surface area (Å²) in [4.78, 5) is 24.3. The standard InChI is InChI=1S/C11H21N3O3/c1-2-14-5-3-8(4-6-14)13-11(17)9(12)7-10(15)16/h8-9H,2-7,12H2,1H3,(H,13,17)(H,15,16). The molecule has 1 unspecified atom stereocenters. The largest absolute Gasteiger partial charge is 0.481 e. The molecular formula is C11H21N3O3. The van der Waals surface area contributed by atoms with E-state index in [0.717, 1.165) is 32.5 Å². The van der Waals surface area contributed by atoms with Gasteiger partial charge in [-0.1, -0.05) is 6.92 Å². The molecule has 0 aromatic carbocycles. The molecular weight excluding hydrogens is 222 g/mol. The first-order chi connectivity index (χ1) is 8.02. The summed E-state index contributed by atoms with van der Waals surface area (Å²) < 4.78 is 0. The van der Waals surface area contributed by atoms with Crippen LogP contribution in [0, 0.1) is 0 Å². The summed E-state index contributed by atoms with van der Waals surface area (Å²) in [5, 5.41) is 11.4. The molecule has 0 aromatic heterocycles. The Labute approximate surface area is 101 Å². The molecule has 1 fully saturated rings. The first kappa shape index (κ1) is 13.9. The average molecular weight is 243 g/mol. The maximum atomic E-state index is 11.6. The van der Waals surface area contributed by atoms with Crippen molar-refractivity contribution in [3.8, 4) is 0 Å². The summed E-state index contributed by atoms with van der Waals surface area (Å²) in [6.45, 7) is 5.08. The highest BCUT2D eigenvalue weighted by Crippen LogP contribution is 2.09. The maximum Gasteiger partial charge on any atom is 0.305 e. The van der Waals surface area contributed by atoms with Crippen molar-refractivity contribution in [2.24, 2.45) is 5.73 Å². The molecule has 6 heteroatoms. The molecule has 1 amide bonds. The first-order valence-corrected chi connectivity index (χ1v) is 6.03. The van der Waals surface area contributed by atoms with Crippen molar-refractivity contribution in [2.45, 2.75) is 38.3 Å². The first-order valence-electron chi connectivity index (χ1n) is 6.03. The minimum Gasteiger partial charge on any atom is -0.481 e. The highest BCUT2D eigenvalue weighted by Gasteiger charge is 2.23. The van der Waals surface area contributed by atoms with Gasteiger partial charge in [0.2, 0.25) is 5.91 Å². The van der Waals surface area contributed by atoms with Gasteiger partial charge in [-0.15, -0.1) is 0 Å². The Balaban J connectivity index is 2.30. The summed E-state index contributed by atoms with van der Waals surface area (Å²) in [6, 6.07) is -0.818. The number of carbonyl (C=O) groups is 2. The second-order valence-corrected chi connectivity index (χ2v) is 4.42. The van der Waals surface area contributed by atoms with E-state index in [2.05, 4.69) is 17.1 Å². The molecule has 6 nitrogen and oxygen atoms in total. The number of carboxylic acid groups (broad SMARTS) is 1. The second kappa shape index (κ2) is 6.56. The van der Waals surface area contributed by atoms with Gasteiger partial charge in [-0.3, -0.25) is 9.59 Å². The molecule has 1 aliphatic heterocycles. The van der Waals surface area contributed by atoms with Crippen molar-refractivity contribution >= 4 is 11.9 Å². The highest BCUT2D eigenvalue weighted by molar-refractivity contribution is 5.86. The molecule has 0 saturated carbocycles. The molecule has 0 radical (unpaired) electrons. The molecule has 1 rings (SSSR count). The Hall–Kier alpha value is -1.14. The van der Waals surface area contributed by atoms with E-state index in [4.69, 9.17) is 10.8 Å². The fourth-order valence-electron chi connectivity index (χ4n) is 1.98. The molecule has 17 heavy (non-hydrogen) atoms. The van der Waals surface area contributed by atoms with Crippen LogP contribution in [0.1, 0.15) is 26.2 Å². The van der Waals surface area contributed by atoms with E-state index < -0.39 is 12.0 Å². The van der Waals surface area contributed by atoms with Crippen molar-refractivity contribution in [1.29, 1.82) is 0 Å². The van der Waals surface area contributed by atoms with Crippen LogP contribution in [0.2, 0.25) is 0 Å². The summed E-state index contributed by atoms with van der Waals surface area (Å²) in [5.74, 6) is -1.41. The van der Waals surface area contributed by atoms with Crippen LogP contribution >= 0.6 is 0 Å². The number of piperidine rings is 1. The maximum absolute atomic E-state index is 11.6. The normalized spacial score (nSPS) is 19.9. The van der Waals surface area contributed by atoms with Gasteiger partial charge >= 0.3 is 5.97 Å². The smallest absolute Gasteiger partial charge is 0.305 e. The SMILES string of the molecule is CCN1CCC(NC(=O)C(N)CC(=O)O)CC1. The van der Waals surface area contributed by atoms with Crippen LogP contribution < -0.4 is 11.1 Å².